The van der Waals surface area contributed by atoms with Gasteiger partial charge >= 0.3 is 0 Å². The topological polar surface area (TPSA) is 47.0 Å². The number of fused-ring (bicyclic) bond motifs is 1. The van der Waals surface area contributed by atoms with Gasteiger partial charge in [0.15, 0.2) is 0 Å². The third kappa shape index (κ3) is 3.37. The monoisotopic (exact) mass is 431 g/mol. The summed E-state index contributed by atoms with van der Waals surface area (Å²) >= 11 is 11.9. The number of para-hydroxylation sites is 1. The van der Waals surface area contributed by atoms with E-state index in [-0.39, 0.29) is 14.8 Å². The molecule has 0 radical (unpaired) electrons. The molecule has 1 aromatic heterocycles. The van der Waals surface area contributed by atoms with Crippen molar-refractivity contribution in [3.63, 3.8) is 0 Å². The Morgan fingerprint density at radius 1 is 0.857 bits per heavy atom. The Morgan fingerprint density at radius 3 is 2.29 bits per heavy atom. The predicted molar refractivity (Wildman–Crippen MR) is 109 cm³/mol. The lowest BCUT2D eigenvalue weighted by Crippen LogP contribution is -2.06. The molecule has 4 aromatic rings. The number of hydrogen-bond donors (Lipinski definition) is 0. The lowest BCUT2D eigenvalue weighted by molar-refractivity contribution is 0.591. The second kappa shape index (κ2) is 7.17. The van der Waals surface area contributed by atoms with Crippen LogP contribution in [0.1, 0.15) is 0 Å². The molecular formula is C21H12Cl2FNO2S. The molecule has 140 valence electrons. The first kappa shape index (κ1) is 18.9. The van der Waals surface area contributed by atoms with E-state index in [4.69, 9.17) is 23.2 Å². The van der Waals surface area contributed by atoms with Gasteiger partial charge in [0.25, 0.3) is 0 Å². The Bertz CT molecular complexity index is 1290. The molecule has 0 aliphatic carbocycles. The van der Waals surface area contributed by atoms with Crippen LogP contribution < -0.4 is 0 Å². The number of benzene rings is 3. The second-order valence-corrected chi connectivity index (χ2v) is 8.92. The zero-order valence-electron chi connectivity index (χ0n) is 14.2. The molecule has 0 unspecified atom stereocenters. The summed E-state index contributed by atoms with van der Waals surface area (Å²) in [5, 5.41) is 1.19. The summed E-state index contributed by atoms with van der Waals surface area (Å²) in [7, 11) is -4.08. The standard InChI is InChI=1S/C21H12Cl2FNO2S/c22-14-7-5-13(6-8-14)21-18-3-1-2-4-19(18)25-12-20(21)28(26,27)17-10-15(23)9-16(24)11-17/h1-12H. The van der Waals surface area contributed by atoms with E-state index in [0.717, 1.165) is 12.1 Å². The number of sulfone groups is 1. The molecular weight excluding hydrogens is 420 g/mol. The van der Waals surface area contributed by atoms with E-state index >= 15 is 0 Å². The van der Waals surface area contributed by atoms with Gasteiger partial charge in [-0.05, 0) is 42.0 Å². The fourth-order valence-corrected chi connectivity index (χ4v) is 4.96. The largest absolute Gasteiger partial charge is 0.255 e. The molecule has 7 heteroatoms. The lowest BCUT2D eigenvalue weighted by atomic mass is 10.0. The van der Waals surface area contributed by atoms with Crippen molar-refractivity contribution in [2.75, 3.05) is 0 Å². The van der Waals surface area contributed by atoms with Gasteiger partial charge in [0.1, 0.15) is 5.82 Å². The number of rotatable bonds is 3. The van der Waals surface area contributed by atoms with Gasteiger partial charge in [0.05, 0.1) is 15.3 Å². The van der Waals surface area contributed by atoms with E-state index in [0.29, 0.717) is 27.1 Å². The summed E-state index contributed by atoms with van der Waals surface area (Å²) in [5.41, 5.74) is 1.77. The van der Waals surface area contributed by atoms with Crippen LogP contribution in [-0.4, -0.2) is 13.4 Å². The van der Waals surface area contributed by atoms with Gasteiger partial charge in [-0.15, -0.1) is 0 Å². The van der Waals surface area contributed by atoms with Crippen molar-refractivity contribution < 1.29 is 12.8 Å². The van der Waals surface area contributed by atoms with Gasteiger partial charge in [-0.25, -0.2) is 12.8 Å². The molecule has 0 fully saturated rings. The van der Waals surface area contributed by atoms with Crippen molar-refractivity contribution in [2.24, 2.45) is 0 Å². The Morgan fingerprint density at radius 2 is 1.57 bits per heavy atom. The highest BCUT2D eigenvalue weighted by molar-refractivity contribution is 7.91. The SMILES string of the molecule is O=S(=O)(c1cc(F)cc(Cl)c1)c1cnc2ccccc2c1-c1ccc(Cl)cc1. The molecule has 0 saturated carbocycles. The summed E-state index contributed by atoms with van der Waals surface area (Å²) in [6.45, 7) is 0. The Kier molecular flexibility index (Phi) is 4.83. The van der Waals surface area contributed by atoms with Crippen LogP contribution in [0.4, 0.5) is 4.39 Å². The van der Waals surface area contributed by atoms with Crippen molar-refractivity contribution in [1.82, 2.24) is 4.98 Å². The van der Waals surface area contributed by atoms with Gasteiger partial charge in [-0.3, -0.25) is 4.98 Å². The molecule has 0 atom stereocenters. The van der Waals surface area contributed by atoms with Crippen LogP contribution in [0.2, 0.25) is 10.0 Å². The third-order valence-electron chi connectivity index (χ3n) is 4.31. The van der Waals surface area contributed by atoms with Crippen molar-refractivity contribution in [1.29, 1.82) is 0 Å². The maximum Gasteiger partial charge on any atom is 0.208 e. The highest BCUT2D eigenvalue weighted by atomic mass is 35.5. The van der Waals surface area contributed by atoms with Gasteiger partial charge in [-0.1, -0.05) is 53.5 Å². The van der Waals surface area contributed by atoms with Crippen LogP contribution >= 0.6 is 23.2 Å². The number of hydrogen-bond acceptors (Lipinski definition) is 3. The van der Waals surface area contributed by atoms with Gasteiger partial charge < -0.3 is 0 Å². The van der Waals surface area contributed by atoms with E-state index in [1.807, 2.05) is 6.07 Å². The third-order valence-corrected chi connectivity index (χ3v) is 6.52. The number of nitrogens with zero attached hydrogens (tertiary/aromatic N) is 1. The van der Waals surface area contributed by atoms with Crippen molar-refractivity contribution in [2.45, 2.75) is 9.79 Å². The quantitative estimate of drug-likeness (QED) is 0.388. The molecule has 3 nitrogen and oxygen atoms in total. The van der Waals surface area contributed by atoms with E-state index in [1.54, 1.807) is 42.5 Å². The minimum Gasteiger partial charge on any atom is -0.255 e. The average molecular weight is 432 g/mol. The molecule has 4 rings (SSSR count). The number of pyridine rings is 1. The molecule has 28 heavy (non-hydrogen) atoms. The van der Waals surface area contributed by atoms with Gasteiger partial charge in [0, 0.05) is 27.2 Å². The molecule has 0 saturated heterocycles. The summed E-state index contributed by atoms with van der Waals surface area (Å²) < 4.78 is 40.5. The van der Waals surface area contributed by atoms with Crippen molar-refractivity contribution >= 4 is 43.9 Å². The summed E-state index contributed by atoms with van der Waals surface area (Å²) in [6, 6.07) is 17.3. The predicted octanol–water partition coefficient (Wildman–Crippen LogP) is 6.18. The van der Waals surface area contributed by atoms with Crippen molar-refractivity contribution in [3.8, 4) is 11.1 Å². The van der Waals surface area contributed by atoms with Gasteiger partial charge in [0.2, 0.25) is 9.84 Å². The summed E-state index contributed by atoms with van der Waals surface area (Å²) in [6.07, 6.45) is 1.29. The van der Waals surface area contributed by atoms with Crippen molar-refractivity contribution in [3.05, 3.63) is 88.8 Å². The van der Waals surface area contributed by atoms with Crippen LogP contribution in [0, 0.1) is 5.82 Å². The minimum absolute atomic E-state index is 0.000339. The molecule has 0 amide bonds. The zero-order chi connectivity index (χ0) is 19.9. The Labute approximate surface area is 171 Å². The zero-order valence-corrected chi connectivity index (χ0v) is 16.6. The molecule has 0 aliphatic heterocycles. The average Bonchev–Trinajstić information content (AvgIpc) is 2.67. The molecule has 0 bridgehead atoms. The number of aromatic nitrogens is 1. The van der Waals surface area contributed by atoms with Crippen LogP contribution in [0.5, 0.6) is 0 Å². The smallest absolute Gasteiger partial charge is 0.208 e. The van der Waals surface area contributed by atoms with E-state index in [2.05, 4.69) is 4.98 Å². The maximum atomic E-state index is 13.8. The highest BCUT2D eigenvalue weighted by Gasteiger charge is 2.25. The second-order valence-electron chi connectivity index (χ2n) is 6.13. The summed E-state index contributed by atoms with van der Waals surface area (Å²) in [5.74, 6) is -0.729. The molecule has 1 heterocycles. The van der Waals surface area contributed by atoms with E-state index in [1.165, 1.54) is 12.3 Å². The van der Waals surface area contributed by atoms with Crippen LogP contribution in [0.25, 0.3) is 22.0 Å². The van der Waals surface area contributed by atoms with Crippen LogP contribution in [0.15, 0.2) is 82.7 Å². The van der Waals surface area contributed by atoms with Crippen LogP contribution in [-0.2, 0) is 9.84 Å². The molecule has 0 N–H and O–H groups in total. The van der Waals surface area contributed by atoms with E-state index < -0.39 is 15.7 Å². The first-order chi connectivity index (χ1) is 13.4. The van der Waals surface area contributed by atoms with Crippen LogP contribution in [0.3, 0.4) is 0 Å². The maximum absolute atomic E-state index is 13.8. The fraction of sp³-hybridized carbons (Fsp3) is 0. The summed E-state index contributed by atoms with van der Waals surface area (Å²) in [4.78, 5) is 4.03. The highest BCUT2D eigenvalue weighted by Crippen LogP contribution is 2.37. The first-order valence-electron chi connectivity index (χ1n) is 8.21. The molecule has 0 aliphatic rings. The van der Waals surface area contributed by atoms with E-state index in [9.17, 15) is 12.8 Å². The fourth-order valence-electron chi connectivity index (χ4n) is 3.05. The molecule has 3 aromatic carbocycles. The Balaban J connectivity index is 2.07. The van der Waals surface area contributed by atoms with Gasteiger partial charge in [-0.2, -0.15) is 0 Å². The first-order valence-corrected chi connectivity index (χ1v) is 10.4. The minimum atomic E-state index is -4.08. The molecule has 0 spiro atoms. The normalized spacial score (nSPS) is 11.7. The lowest BCUT2D eigenvalue weighted by Gasteiger charge is -2.14. The number of halogens is 3. The Hall–Kier alpha value is -2.47.